The molecule has 0 aliphatic heterocycles. The Morgan fingerprint density at radius 1 is 1.00 bits per heavy atom. The fraction of sp³-hybridized carbons (Fsp3) is 0. The summed E-state index contributed by atoms with van der Waals surface area (Å²) >= 11 is 7.11. The molecule has 120 valence electrons. The summed E-state index contributed by atoms with van der Waals surface area (Å²) in [4.78, 5) is 24.6. The van der Waals surface area contributed by atoms with Crippen LogP contribution in [0, 0.1) is 0 Å². The van der Waals surface area contributed by atoms with E-state index in [-0.39, 0.29) is 5.56 Å². The summed E-state index contributed by atoms with van der Waals surface area (Å²) in [7, 11) is 0. The second kappa shape index (κ2) is 6.86. The van der Waals surface area contributed by atoms with Crippen LogP contribution in [0.15, 0.2) is 60.7 Å². The van der Waals surface area contributed by atoms with Crippen molar-refractivity contribution in [3.8, 4) is 10.4 Å². The van der Waals surface area contributed by atoms with Gasteiger partial charge in [-0.05, 0) is 29.8 Å². The molecule has 0 saturated heterocycles. The monoisotopic (exact) mass is 357 g/mol. The van der Waals surface area contributed by atoms with Crippen molar-refractivity contribution < 1.29 is 14.7 Å². The van der Waals surface area contributed by atoms with Crippen LogP contribution in [-0.4, -0.2) is 17.0 Å². The van der Waals surface area contributed by atoms with Crippen molar-refractivity contribution in [1.82, 2.24) is 0 Å². The first-order valence-electron chi connectivity index (χ1n) is 7.04. The second-order valence-corrected chi connectivity index (χ2v) is 6.48. The summed E-state index contributed by atoms with van der Waals surface area (Å²) in [6.07, 6.45) is 0. The number of halogens is 1. The zero-order chi connectivity index (χ0) is 17.1. The Labute approximate surface area is 147 Å². The van der Waals surface area contributed by atoms with E-state index < -0.39 is 11.9 Å². The SMILES string of the molecule is O=C(Nc1sc(-c2ccccc2)cc1C(=O)O)c1cccc(Cl)c1. The van der Waals surface area contributed by atoms with Crippen LogP contribution in [-0.2, 0) is 0 Å². The lowest BCUT2D eigenvalue weighted by Gasteiger charge is -2.04. The molecule has 3 rings (SSSR count). The quantitative estimate of drug-likeness (QED) is 0.689. The number of anilines is 1. The van der Waals surface area contributed by atoms with Crippen molar-refractivity contribution in [3.63, 3.8) is 0 Å². The molecule has 0 aliphatic carbocycles. The predicted octanol–water partition coefficient (Wildman–Crippen LogP) is 5.02. The predicted molar refractivity (Wildman–Crippen MR) is 96.1 cm³/mol. The van der Waals surface area contributed by atoms with Gasteiger partial charge in [0.1, 0.15) is 5.00 Å². The largest absolute Gasteiger partial charge is 0.478 e. The van der Waals surface area contributed by atoms with Crippen LogP contribution in [0.4, 0.5) is 5.00 Å². The van der Waals surface area contributed by atoms with E-state index in [4.69, 9.17) is 11.6 Å². The van der Waals surface area contributed by atoms with Gasteiger partial charge >= 0.3 is 5.97 Å². The highest BCUT2D eigenvalue weighted by atomic mass is 35.5. The average molecular weight is 358 g/mol. The van der Waals surface area contributed by atoms with Gasteiger partial charge in [0.15, 0.2) is 0 Å². The molecular formula is C18H12ClNO3S. The van der Waals surface area contributed by atoms with Crippen LogP contribution in [0.3, 0.4) is 0 Å². The van der Waals surface area contributed by atoms with Gasteiger partial charge in [-0.2, -0.15) is 0 Å². The number of hydrogen-bond donors (Lipinski definition) is 2. The number of thiophene rings is 1. The molecule has 0 bridgehead atoms. The maximum Gasteiger partial charge on any atom is 0.338 e. The van der Waals surface area contributed by atoms with Crippen molar-refractivity contribution in [3.05, 3.63) is 76.8 Å². The molecule has 0 unspecified atom stereocenters. The molecule has 24 heavy (non-hydrogen) atoms. The van der Waals surface area contributed by atoms with E-state index >= 15 is 0 Å². The fourth-order valence-corrected chi connectivity index (χ4v) is 3.43. The molecule has 0 aliphatic rings. The highest BCUT2D eigenvalue weighted by Gasteiger charge is 2.18. The lowest BCUT2D eigenvalue weighted by Crippen LogP contribution is -2.13. The van der Waals surface area contributed by atoms with Crippen LogP contribution in [0.5, 0.6) is 0 Å². The maximum absolute atomic E-state index is 12.3. The molecule has 4 nitrogen and oxygen atoms in total. The first-order chi connectivity index (χ1) is 11.5. The van der Waals surface area contributed by atoms with E-state index in [1.165, 1.54) is 17.4 Å². The van der Waals surface area contributed by atoms with Gasteiger partial charge in [0.2, 0.25) is 0 Å². The number of aromatic carboxylic acids is 1. The van der Waals surface area contributed by atoms with Crippen LogP contribution in [0.1, 0.15) is 20.7 Å². The van der Waals surface area contributed by atoms with Crippen molar-refractivity contribution in [2.45, 2.75) is 0 Å². The van der Waals surface area contributed by atoms with Crippen LogP contribution in [0.2, 0.25) is 5.02 Å². The number of benzene rings is 2. The Balaban J connectivity index is 1.94. The van der Waals surface area contributed by atoms with Gasteiger partial charge in [-0.25, -0.2) is 4.79 Å². The molecule has 1 heterocycles. The van der Waals surface area contributed by atoms with Gasteiger partial charge in [0, 0.05) is 15.5 Å². The number of carbonyl (C=O) groups excluding carboxylic acids is 1. The minimum absolute atomic E-state index is 0.0641. The number of amides is 1. The molecule has 3 aromatic rings. The summed E-state index contributed by atoms with van der Waals surface area (Å²) in [5.41, 5.74) is 1.33. The Bertz CT molecular complexity index is 906. The molecule has 0 radical (unpaired) electrons. The summed E-state index contributed by atoms with van der Waals surface area (Å²) < 4.78 is 0. The standard InChI is InChI=1S/C18H12ClNO3S/c19-13-8-4-7-12(9-13)16(21)20-17-14(18(22)23)10-15(24-17)11-5-2-1-3-6-11/h1-10H,(H,20,21)(H,22,23). The number of hydrogen-bond acceptors (Lipinski definition) is 3. The van der Waals surface area contributed by atoms with E-state index in [2.05, 4.69) is 5.32 Å². The molecule has 2 N–H and O–H groups in total. The normalized spacial score (nSPS) is 10.4. The molecule has 0 saturated carbocycles. The van der Waals surface area contributed by atoms with E-state index in [1.807, 2.05) is 30.3 Å². The van der Waals surface area contributed by atoms with Crippen molar-refractivity contribution in [1.29, 1.82) is 0 Å². The molecule has 1 aromatic heterocycles. The summed E-state index contributed by atoms with van der Waals surface area (Å²) in [6.45, 7) is 0. The third-order valence-electron chi connectivity index (χ3n) is 3.33. The Morgan fingerprint density at radius 2 is 1.75 bits per heavy atom. The second-order valence-electron chi connectivity index (χ2n) is 4.99. The molecule has 0 atom stereocenters. The van der Waals surface area contributed by atoms with Gasteiger partial charge in [0.25, 0.3) is 5.91 Å². The lowest BCUT2D eigenvalue weighted by molar-refractivity contribution is 0.0698. The third kappa shape index (κ3) is 3.48. The van der Waals surface area contributed by atoms with E-state index in [9.17, 15) is 14.7 Å². The minimum Gasteiger partial charge on any atom is -0.478 e. The van der Waals surface area contributed by atoms with Gasteiger partial charge in [-0.15, -0.1) is 11.3 Å². The van der Waals surface area contributed by atoms with Crippen LogP contribution >= 0.6 is 22.9 Å². The maximum atomic E-state index is 12.3. The van der Waals surface area contributed by atoms with E-state index in [1.54, 1.807) is 24.3 Å². The first kappa shape index (κ1) is 16.2. The number of rotatable bonds is 4. The zero-order valence-corrected chi connectivity index (χ0v) is 13.9. The minimum atomic E-state index is -1.09. The number of carbonyl (C=O) groups is 2. The average Bonchev–Trinajstić information content (AvgIpc) is 3.00. The fourth-order valence-electron chi connectivity index (χ4n) is 2.19. The molecule has 0 fully saturated rings. The van der Waals surface area contributed by atoms with Gasteiger partial charge in [-0.3, -0.25) is 4.79 Å². The Morgan fingerprint density at radius 3 is 2.42 bits per heavy atom. The zero-order valence-electron chi connectivity index (χ0n) is 12.3. The molecule has 0 spiro atoms. The summed E-state index contributed by atoms with van der Waals surface area (Å²) in [5, 5.41) is 12.8. The van der Waals surface area contributed by atoms with Crippen LogP contribution in [0.25, 0.3) is 10.4 Å². The first-order valence-corrected chi connectivity index (χ1v) is 8.23. The number of nitrogens with one attached hydrogen (secondary N) is 1. The Kier molecular flexibility index (Phi) is 4.64. The molecular weight excluding hydrogens is 346 g/mol. The smallest absolute Gasteiger partial charge is 0.338 e. The van der Waals surface area contributed by atoms with Crippen LogP contribution < -0.4 is 5.32 Å². The molecule has 6 heteroatoms. The number of carboxylic acid groups (broad SMARTS) is 1. The van der Waals surface area contributed by atoms with Crippen molar-refractivity contribution in [2.75, 3.05) is 5.32 Å². The molecule has 2 aromatic carbocycles. The lowest BCUT2D eigenvalue weighted by atomic mass is 10.1. The number of carboxylic acids is 1. The summed E-state index contributed by atoms with van der Waals surface area (Å²) in [5.74, 6) is -1.49. The van der Waals surface area contributed by atoms with E-state index in [0.29, 0.717) is 15.6 Å². The summed E-state index contributed by atoms with van der Waals surface area (Å²) in [6, 6.07) is 17.5. The van der Waals surface area contributed by atoms with Crippen molar-refractivity contribution in [2.24, 2.45) is 0 Å². The topological polar surface area (TPSA) is 66.4 Å². The highest BCUT2D eigenvalue weighted by Crippen LogP contribution is 2.35. The van der Waals surface area contributed by atoms with Gasteiger partial charge < -0.3 is 10.4 Å². The highest BCUT2D eigenvalue weighted by molar-refractivity contribution is 7.20. The van der Waals surface area contributed by atoms with Crippen molar-refractivity contribution >= 4 is 39.8 Å². The van der Waals surface area contributed by atoms with E-state index in [0.717, 1.165) is 10.4 Å². The van der Waals surface area contributed by atoms with Gasteiger partial charge in [-0.1, -0.05) is 48.0 Å². The van der Waals surface area contributed by atoms with Gasteiger partial charge in [0.05, 0.1) is 5.56 Å². The molecule has 1 amide bonds. The Hall–Kier alpha value is -2.63. The third-order valence-corrected chi connectivity index (χ3v) is 4.67.